The highest BCUT2D eigenvalue weighted by Crippen LogP contribution is 2.24. The molecule has 5 nitrogen and oxygen atoms in total. The van der Waals surface area contributed by atoms with E-state index in [2.05, 4.69) is 5.32 Å². The second-order valence-electron chi connectivity index (χ2n) is 4.91. The van der Waals surface area contributed by atoms with Gasteiger partial charge in [-0.25, -0.2) is 0 Å². The van der Waals surface area contributed by atoms with E-state index in [0.717, 1.165) is 19.3 Å². The highest BCUT2D eigenvalue weighted by molar-refractivity contribution is 7.08. The van der Waals surface area contributed by atoms with E-state index < -0.39 is 0 Å². The van der Waals surface area contributed by atoms with Gasteiger partial charge >= 0.3 is 0 Å². The lowest BCUT2D eigenvalue weighted by atomic mass is 9.91. The van der Waals surface area contributed by atoms with Gasteiger partial charge in [0.15, 0.2) is 0 Å². The fraction of sp³-hybridized carbons (Fsp3) is 0.571. The highest BCUT2D eigenvalue weighted by Gasteiger charge is 2.27. The summed E-state index contributed by atoms with van der Waals surface area (Å²) in [5, 5.41) is 15.4. The van der Waals surface area contributed by atoms with E-state index in [1.807, 2.05) is 5.38 Å². The Labute approximate surface area is 122 Å². The summed E-state index contributed by atoms with van der Waals surface area (Å²) in [6, 6.07) is 2.04. The van der Waals surface area contributed by atoms with Gasteiger partial charge in [0, 0.05) is 36.5 Å². The predicted molar refractivity (Wildman–Crippen MR) is 77.7 cm³/mol. The summed E-state index contributed by atoms with van der Waals surface area (Å²) in [5.41, 5.74) is 0.633. The van der Waals surface area contributed by atoms with Crippen molar-refractivity contribution in [3.63, 3.8) is 0 Å². The number of nitrogens with zero attached hydrogens (tertiary/aromatic N) is 1. The number of hydrogen-bond acceptors (Lipinski definition) is 4. The topological polar surface area (TPSA) is 69.6 Å². The van der Waals surface area contributed by atoms with E-state index in [4.69, 9.17) is 5.11 Å². The number of amides is 2. The molecule has 1 fully saturated rings. The Balaban J connectivity index is 1.74. The van der Waals surface area contributed by atoms with Gasteiger partial charge < -0.3 is 15.3 Å². The maximum Gasteiger partial charge on any atom is 0.252 e. The van der Waals surface area contributed by atoms with Gasteiger partial charge in [-0.2, -0.15) is 11.3 Å². The molecular formula is C14H20N2O3S. The van der Waals surface area contributed by atoms with Crippen LogP contribution in [-0.2, 0) is 4.79 Å². The monoisotopic (exact) mass is 296 g/mol. The van der Waals surface area contributed by atoms with Crippen LogP contribution in [0.25, 0.3) is 0 Å². The van der Waals surface area contributed by atoms with Crippen LogP contribution in [0.4, 0.5) is 0 Å². The molecule has 0 radical (unpaired) electrons. The van der Waals surface area contributed by atoms with Gasteiger partial charge in [-0.1, -0.05) is 0 Å². The lowest BCUT2D eigenvalue weighted by Gasteiger charge is -2.37. The third-order valence-corrected chi connectivity index (χ3v) is 4.27. The average Bonchev–Trinajstić information content (AvgIpc) is 2.89. The molecule has 0 saturated heterocycles. The van der Waals surface area contributed by atoms with Crippen molar-refractivity contribution in [1.29, 1.82) is 0 Å². The number of thiophene rings is 1. The molecule has 1 aromatic rings. The number of rotatable bonds is 7. The second kappa shape index (κ2) is 7.40. The van der Waals surface area contributed by atoms with Crippen LogP contribution in [0.5, 0.6) is 0 Å². The first-order valence-corrected chi connectivity index (χ1v) is 7.87. The number of carbonyl (C=O) groups is 2. The Morgan fingerprint density at radius 3 is 2.80 bits per heavy atom. The third-order valence-electron chi connectivity index (χ3n) is 3.58. The number of aliphatic hydroxyl groups is 1. The van der Waals surface area contributed by atoms with Crippen molar-refractivity contribution >= 4 is 23.2 Å². The van der Waals surface area contributed by atoms with E-state index in [0.29, 0.717) is 18.7 Å². The van der Waals surface area contributed by atoms with Gasteiger partial charge in [0.2, 0.25) is 5.91 Å². The fourth-order valence-electron chi connectivity index (χ4n) is 2.24. The average molecular weight is 296 g/mol. The van der Waals surface area contributed by atoms with Gasteiger partial charge in [-0.15, -0.1) is 0 Å². The summed E-state index contributed by atoms with van der Waals surface area (Å²) < 4.78 is 0. The van der Waals surface area contributed by atoms with Gasteiger partial charge in [-0.3, -0.25) is 9.59 Å². The number of nitrogens with one attached hydrogen (secondary N) is 1. The molecule has 0 atom stereocenters. The van der Waals surface area contributed by atoms with Crippen LogP contribution in [0.3, 0.4) is 0 Å². The summed E-state index contributed by atoms with van der Waals surface area (Å²) in [6.07, 6.45) is 3.47. The van der Waals surface area contributed by atoms with Crippen LogP contribution in [0.2, 0.25) is 0 Å². The summed E-state index contributed by atoms with van der Waals surface area (Å²) in [7, 11) is 0. The van der Waals surface area contributed by atoms with Crippen molar-refractivity contribution in [3.05, 3.63) is 22.4 Å². The number of hydrogen-bond donors (Lipinski definition) is 2. The lowest BCUT2D eigenvalue weighted by molar-refractivity contribution is -0.135. The molecule has 2 N–H and O–H groups in total. The third kappa shape index (κ3) is 3.80. The zero-order chi connectivity index (χ0) is 14.4. The molecule has 0 bridgehead atoms. The molecule has 20 heavy (non-hydrogen) atoms. The lowest BCUT2D eigenvalue weighted by Crippen LogP contribution is -2.46. The normalized spacial score (nSPS) is 14.7. The Morgan fingerprint density at radius 2 is 2.25 bits per heavy atom. The van der Waals surface area contributed by atoms with E-state index in [1.165, 1.54) is 11.3 Å². The molecule has 2 amide bonds. The van der Waals surface area contributed by atoms with Gasteiger partial charge in [0.05, 0.1) is 6.61 Å². The van der Waals surface area contributed by atoms with Crippen molar-refractivity contribution in [3.8, 4) is 0 Å². The molecule has 1 saturated carbocycles. The minimum absolute atomic E-state index is 0.00867. The molecule has 6 heteroatoms. The standard InChI is InChI=1S/C14H20N2O3S/c17-8-7-16(12-2-1-3-12)13(18)4-6-15-14(19)11-5-9-20-10-11/h5,9-10,12,17H,1-4,6-8H2,(H,15,19). The van der Waals surface area contributed by atoms with Crippen molar-refractivity contribution in [2.24, 2.45) is 0 Å². The Kier molecular flexibility index (Phi) is 5.55. The number of carbonyl (C=O) groups excluding carboxylic acids is 2. The summed E-state index contributed by atoms with van der Waals surface area (Å²) in [4.78, 5) is 25.6. The minimum Gasteiger partial charge on any atom is -0.395 e. The van der Waals surface area contributed by atoms with Gasteiger partial charge in [0.1, 0.15) is 0 Å². The van der Waals surface area contributed by atoms with E-state index in [9.17, 15) is 9.59 Å². The molecule has 1 heterocycles. The molecule has 0 spiro atoms. The quantitative estimate of drug-likeness (QED) is 0.795. The summed E-state index contributed by atoms with van der Waals surface area (Å²) in [6.45, 7) is 0.716. The maximum absolute atomic E-state index is 12.1. The molecule has 1 aliphatic carbocycles. The van der Waals surface area contributed by atoms with Crippen molar-refractivity contribution in [1.82, 2.24) is 10.2 Å². The van der Waals surface area contributed by atoms with Crippen LogP contribution in [0, 0.1) is 0 Å². The van der Waals surface area contributed by atoms with Gasteiger partial charge in [-0.05, 0) is 30.7 Å². The van der Waals surface area contributed by atoms with E-state index in [1.54, 1.807) is 16.3 Å². The molecule has 1 aliphatic rings. The summed E-state index contributed by atoms with van der Waals surface area (Å²) in [5.74, 6) is -0.134. The first-order chi connectivity index (χ1) is 9.72. The molecule has 1 aromatic heterocycles. The van der Waals surface area contributed by atoms with Crippen LogP contribution < -0.4 is 5.32 Å². The first kappa shape index (κ1) is 15.0. The highest BCUT2D eigenvalue weighted by atomic mass is 32.1. The molecule has 0 unspecified atom stereocenters. The van der Waals surface area contributed by atoms with E-state index >= 15 is 0 Å². The Hall–Kier alpha value is -1.40. The van der Waals surface area contributed by atoms with E-state index in [-0.39, 0.29) is 30.9 Å². The maximum atomic E-state index is 12.1. The van der Waals surface area contributed by atoms with Crippen LogP contribution in [0.1, 0.15) is 36.0 Å². The zero-order valence-corrected chi connectivity index (χ0v) is 12.2. The summed E-state index contributed by atoms with van der Waals surface area (Å²) >= 11 is 1.47. The Morgan fingerprint density at radius 1 is 1.45 bits per heavy atom. The van der Waals surface area contributed by atoms with Gasteiger partial charge in [0.25, 0.3) is 5.91 Å². The molecule has 110 valence electrons. The predicted octanol–water partition coefficient (Wildman–Crippen LogP) is 1.24. The van der Waals surface area contributed by atoms with Crippen LogP contribution in [0.15, 0.2) is 16.8 Å². The minimum atomic E-state index is -0.142. The number of aliphatic hydroxyl groups excluding tert-OH is 1. The van der Waals surface area contributed by atoms with Crippen molar-refractivity contribution < 1.29 is 14.7 Å². The smallest absolute Gasteiger partial charge is 0.252 e. The second-order valence-corrected chi connectivity index (χ2v) is 5.69. The SMILES string of the molecule is O=C(NCCC(=O)N(CCO)C1CCC1)c1ccsc1. The molecule has 0 aromatic carbocycles. The van der Waals surface area contributed by atoms with Crippen molar-refractivity contribution in [2.75, 3.05) is 19.7 Å². The molecule has 2 rings (SSSR count). The van der Waals surface area contributed by atoms with Crippen molar-refractivity contribution in [2.45, 2.75) is 31.7 Å². The first-order valence-electron chi connectivity index (χ1n) is 6.93. The fourth-order valence-corrected chi connectivity index (χ4v) is 2.88. The zero-order valence-electron chi connectivity index (χ0n) is 11.4. The Bertz CT molecular complexity index is 443. The van der Waals surface area contributed by atoms with Crippen LogP contribution >= 0.6 is 11.3 Å². The molecule has 0 aliphatic heterocycles. The van der Waals surface area contributed by atoms with Crippen LogP contribution in [-0.4, -0.2) is 47.6 Å². The molecular weight excluding hydrogens is 276 g/mol. The largest absolute Gasteiger partial charge is 0.395 e.